The number of amides is 1. The largest absolute Gasteiger partial charge is 0.388 e. The number of rotatable bonds is 4. The topological polar surface area (TPSA) is 81.9 Å². The van der Waals surface area contributed by atoms with Gasteiger partial charge in [-0.25, -0.2) is 14.5 Å². The van der Waals surface area contributed by atoms with Crippen LogP contribution in [0.4, 0.5) is 0 Å². The van der Waals surface area contributed by atoms with Crippen molar-refractivity contribution < 1.29 is 14.5 Å². The fourth-order valence-electron chi connectivity index (χ4n) is 2.11. The van der Waals surface area contributed by atoms with E-state index >= 15 is 0 Å². The third-order valence-electron chi connectivity index (χ3n) is 4.00. The lowest BCUT2D eigenvalue weighted by atomic mass is 10.0. The Morgan fingerprint density at radius 1 is 1.41 bits per heavy atom. The lowest BCUT2D eigenvalue weighted by molar-refractivity contribution is -0.647. The minimum absolute atomic E-state index is 0.241. The number of aromatic nitrogens is 3. The van der Waals surface area contributed by atoms with Crippen LogP contribution in [0.3, 0.4) is 0 Å². The summed E-state index contributed by atoms with van der Waals surface area (Å²) in [4.78, 5) is 20.2. The Morgan fingerprint density at radius 3 is 2.59 bits per heavy atom. The van der Waals surface area contributed by atoms with Gasteiger partial charge in [0.15, 0.2) is 5.52 Å². The van der Waals surface area contributed by atoms with Gasteiger partial charge in [0.05, 0.1) is 24.4 Å². The van der Waals surface area contributed by atoms with E-state index in [2.05, 4.69) is 29.1 Å². The molecular weight excluding hydrogens is 280 g/mol. The van der Waals surface area contributed by atoms with E-state index < -0.39 is 5.60 Å². The van der Waals surface area contributed by atoms with E-state index in [1.807, 2.05) is 17.8 Å². The van der Waals surface area contributed by atoms with Crippen molar-refractivity contribution >= 4 is 17.1 Å². The first kappa shape index (κ1) is 16.4. The molecule has 0 spiro atoms. The van der Waals surface area contributed by atoms with Crippen LogP contribution in [-0.4, -0.2) is 32.6 Å². The molecular formula is C16H25N4O2+. The Bertz CT molecular complexity index is 698. The monoisotopic (exact) mass is 305 g/mol. The number of H-pyrrole nitrogens is 1. The van der Waals surface area contributed by atoms with Crippen molar-refractivity contribution in [2.75, 3.05) is 0 Å². The Kier molecular flexibility index (Phi) is 4.24. The highest BCUT2D eigenvalue weighted by molar-refractivity contribution is 6.04. The average Bonchev–Trinajstić information content (AvgIpc) is 2.81. The van der Waals surface area contributed by atoms with Crippen LogP contribution < -0.4 is 9.88 Å². The van der Waals surface area contributed by atoms with Gasteiger partial charge in [-0.3, -0.25) is 4.79 Å². The highest BCUT2D eigenvalue weighted by atomic mass is 16.3. The molecule has 0 bridgehead atoms. The Morgan fingerprint density at radius 2 is 2.05 bits per heavy atom. The summed E-state index contributed by atoms with van der Waals surface area (Å²) in [6.45, 7) is 9.25. The Hall–Kier alpha value is -1.95. The van der Waals surface area contributed by atoms with Crippen molar-refractivity contribution in [3.63, 3.8) is 0 Å². The lowest BCUT2D eigenvalue weighted by Gasteiger charge is -2.26. The van der Waals surface area contributed by atoms with Crippen LogP contribution in [0.5, 0.6) is 0 Å². The van der Waals surface area contributed by atoms with E-state index in [0.717, 1.165) is 11.3 Å². The molecule has 1 atom stereocenters. The molecule has 0 saturated carbocycles. The van der Waals surface area contributed by atoms with Gasteiger partial charge in [0.2, 0.25) is 0 Å². The van der Waals surface area contributed by atoms with Crippen molar-refractivity contribution in [2.45, 2.75) is 52.2 Å². The van der Waals surface area contributed by atoms with Gasteiger partial charge in [0, 0.05) is 0 Å². The van der Waals surface area contributed by atoms with Crippen molar-refractivity contribution in [3.05, 3.63) is 23.7 Å². The van der Waals surface area contributed by atoms with Gasteiger partial charge in [-0.05, 0) is 26.7 Å². The molecule has 2 heterocycles. The van der Waals surface area contributed by atoms with Crippen LogP contribution in [0.1, 0.15) is 56.6 Å². The molecule has 0 saturated heterocycles. The van der Waals surface area contributed by atoms with Crippen molar-refractivity contribution in [2.24, 2.45) is 7.05 Å². The quantitative estimate of drug-likeness (QED) is 0.747. The minimum Gasteiger partial charge on any atom is -0.388 e. The molecule has 0 fully saturated rings. The number of aliphatic hydroxyl groups is 1. The maximum Gasteiger partial charge on any atom is 0.306 e. The molecule has 1 unspecified atom stereocenters. The van der Waals surface area contributed by atoms with Gasteiger partial charge in [0.25, 0.3) is 5.91 Å². The van der Waals surface area contributed by atoms with Gasteiger partial charge in [-0.2, -0.15) is 0 Å². The molecule has 0 aromatic carbocycles. The fourth-order valence-corrected chi connectivity index (χ4v) is 2.11. The summed E-state index contributed by atoms with van der Waals surface area (Å²) in [5.41, 5.74) is 1.88. The van der Waals surface area contributed by atoms with Crippen LogP contribution in [-0.2, 0) is 7.05 Å². The zero-order valence-electron chi connectivity index (χ0n) is 14.1. The molecule has 2 rings (SSSR count). The molecule has 6 nitrogen and oxygen atoms in total. The van der Waals surface area contributed by atoms with E-state index in [1.54, 1.807) is 27.0 Å². The number of fused-ring (bicyclic) bond motifs is 1. The third kappa shape index (κ3) is 3.11. The average molecular weight is 305 g/mol. The summed E-state index contributed by atoms with van der Waals surface area (Å²) in [5, 5.41) is 12.8. The number of nitrogens with one attached hydrogen (secondary N) is 2. The Balaban J connectivity index is 2.41. The maximum atomic E-state index is 12.5. The molecule has 120 valence electrons. The van der Waals surface area contributed by atoms with Crippen LogP contribution in [0.2, 0.25) is 0 Å². The van der Waals surface area contributed by atoms with Crippen LogP contribution in [0.25, 0.3) is 11.2 Å². The zero-order valence-corrected chi connectivity index (χ0v) is 14.1. The molecule has 6 heteroatoms. The SMILES string of the molecule is CC(C)c1c[n+](C)c2[nH]cc(C(=O)NC(C)C(C)(C)O)c2n1. The number of hydrogen-bond acceptors (Lipinski definition) is 3. The number of aryl methyl sites for hydroxylation is 1. The summed E-state index contributed by atoms with van der Waals surface area (Å²) in [6, 6.07) is -0.369. The van der Waals surface area contributed by atoms with Crippen LogP contribution in [0.15, 0.2) is 12.4 Å². The zero-order chi connectivity index (χ0) is 16.7. The van der Waals surface area contributed by atoms with E-state index in [9.17, 15) is 9.90 Å². The van der Waals surface area contributed by atoms with Crippen molar-refractivity contribution in [1.29, 1.82) is 0 Å². The number of nitrogens with zero attached hydrogens (tertiary/aromatic N) is 2. The smallest absolute Gasteiger partial charge is 0.306 e. The standard InChI is InChI=1S/C16H24N4O2/c1-9(2)12-8-20(6)14-13(19-12)11(7-17-14)15(21)18-10(3)16(4,5)22/h7-10,22H,1-6H3,(H,18,21)/p+1. The highest BCUT2D eigenvalue weighted by Gasteiger charge is 2.27. The van der Waals surface area contributed by atoms with Gasteiger partial charge >= 0.3 is 5.65 Å². The second-order valence-electron chi connectivity index (χ2n) is 6.68. The highest BCUT2D eigenvalue weighted by Crippen LogP contribution is 2.18. The summed E-state index contributed by atoms with van der Waals surface area (Å²) in [5.74, 6) is 0.0333. The Labute approximate surface area is 130 Å². The second-order valence-corrected chi connectivity index (χ2v) is 6.68. The predicted octanol–water partition coefficient (Wildman–Crippen LogP) is 1.40. The first-order chi connectivity index (χ1) is 10.1. The van der Waals surface area contributed by atoms with E-state index in [1.165, 1.54) is 0 Å². The van der Waals surface area contributed by atoms with Gasteiger partial charge in [0.1, 0.15) is 18.0 Å². The summed E-state index contributed by atoms with van der Waals surface area (Å²) >= 11 is 0. The molecule has 0 radical (unpaired) electrons. The summed E-state index contributed by atoms with van der Waals surface area (Å²) in [7, 11) is 1.92. The van der Waals surface area contributed by atoms with Gasteiger partial charge in [-0.1, -0.05) is 13.8 Å². The number of carbonyl (C=O) groups is 1. The molecule has 0 aliphatic carbocycles. The minimum atomic E-state index is -0.983. The molecule has 22 heavy (non-hydrogen) atoms. The number of carbonyl (C=O) groups excluding carboxylic acids is 1. The lowest BCUT2D eigenvalue weighted by Crippen LogP contribution is -2.47. The molecule has 2 aromatic heterocycles. The van der Waals surface area contributed by atoms with E-state index in [0.29, 0.717) is 11.1 Å². The second kappa shape index (κ2) is 5.68. The predicted molar refractivity (Wildman–Crippen MR) is 84.6 cm³/mol. The molecule has 1 amide bonds. The summed E-state index contributed by atoms with van der Waals surface area (Å²) < 4.78 is 1.94. The van der Waals surface area contributed by atoms with Crippen molar-refractivity contribution in [1.82, 2.24) is 15.3 Å². The molecule has 0 aliphatic rings. The van der Waals surface area contributed by atoms with E-state index in [4.69, 9.17) is 0 Å². The molecule has 0 aliphatic heterocycles. The van der Waals surface area contributed by atoms with Crippen LogP contribution in [0, 0.1) is 0 Å². The maximum absolute atomic E-state index is 12.5. The first-order valence-electron chi connectivity index (χ1n) is 7.52. The third-order valence-corrected chi connectivity index (χ3v) is 4.00. The number of hydrogen-bond donors (Lipinski definition) is 3. The fraction of sp³-hybridized carbons (Fsp3) is 0.562. The van der Waals surface area contributed by atoms with Crippen LogP contribution >= 0.6 is 0 Å². The molecule has 2 aromatic rings. The van der Waals surface area contributed by atoms with Gasteiger partial charge < -0.3 is 10.4 Å². The molecule has 3 N–H and O–H groups in total. The van der Waals surface area contributed by atoms with Gasteiger partial charge in [-0.15, -0.1) is 0 Å². The normalized spacial score (nSPS) is 13.6. The summed E-state index contributed by atoms with van der Waals surface area (Å²) in [6.07, 6.45) is 3.62. The first-order valence-corrected chi connectivity index (χ1v) is 7.52. The van der Waals surface area contributed by atoms with E-state index in [-0.39, 0.29) is 17.9 Å². The van der Waals surface area contributed by atoms with Crippen molar-refractivity contribution in [3.8, 4) is 0 Å². The number of aromatic amines is 1.